The van der Waals surface area contributed by atoms with Crippen molar-refractivity contribution < 1.29 is 24.2 Å². The molecule has 3 aliphatic rings. The van der Waals surface area contributed by atoms with Gasteiger partial charge in [0.1, 0.15) is 11.4 Å². The molecule has 5 rings (SSSR count). The summed E-state index contributed by atoms with van der Waals surface area (Å²) < 4.78 is 5.37. The van der Waals surface area contributed by atoms with Crippen molar-refractivity contribution in [2.45, 2.75) is 37.7 Å². The van der Waals surface area contributed by atoms with Crippen molar-refractivity contribution in [1.29, 1.82) is 0 Å². The maximum absolute atomic E-state index is 13.0. The number of carbonyl (C=O) groups excluding carboxylic acids is 3. The van der Waals surface area contributed by atoms with E-state index < -0.39 is 5.60 Å². The molecule has 0 radical (unpaired) electrons. The van der Waals surface area contributed by atoms with Crippen molar-refractivity contribution in [2.24, 2.45) is 5.92 Å². The summed E-state index contributed by atoms with van der Waals surface area (Å²) in [4.78, 5) is 41.4. The van der Waals surface area contributed by atoms with E-state index in [-0.39, 0.29) is 23.5 Å². The van der Waals surface area contributed by atoms with Gasteiger partial charge in [-0.1, -0.05) is 36.4 Å². The molecule has 2 aliphatic heterocycles. The minimum Gasteiger partial charge on any atom is -0.381 e. The van der Waals surface area contributed by atoms with Gasteiger partial charge in [-0.2, -0.15) is 0 Å². The van der Waals surface area contributed by atoms with Crippen LogP contribution in [-0.2, 0) is 20.7 Å². The van der Waals surface area contributed by atoms with Crippen LogP contribution in [0.15, 0.2) is 48.5 Å². The summed E-state index contributed by atoms with van der Waals surface area (Å²) in [7, 11) is 0. The van der Waals surface area contributed by atoms with Gasteiger partial charge in [0.2, 0.25) is 0 Å². The first kappa shape index (κ1) is 23.7. The van der Waals surface area contributed by atoms with Crippen molar-refractivity contribution in [3.8, 4) is 11.1 Å². The first-order valence-electron chi connectivity index (χ1n) is 12.5. The average Bonchev–Trinajstić information content (AvgIpc) is 3.67. The van der Waals surface area contributed by atoms with Crippen LogP contribution >= 0.6 is 0 Å². The van der Waals surface area contributed by atoms with E-state index in [4.69, 9.17) is 4.74 Å². The number of hydrogen-bond donors (Lipinski definition) is 1. The number of Topliss-reactive ketones (excluding diaryl/α,β-unsaturated/α-hetero) is 1. The molecule has 7 heteroatoms. The quantitative estimate of drug-likeness (QED) is 0.693. The van der Waals surface area contributed by atoms with Gasteiger partial charge in [-0.15, -0.1) is 0 Å². The third-order valence-corrected chi connectivity index (χ3v) is 7.42. The van der Waals surface area contributed by atoms with Gasteiger partial charge in [-0.3, -0.25) is 14.4 Å². The van der Waals surface area contributed by atoms with Gasteiger partial charge < -0.3 is 19.6 Å². The smallest absolute Gasteiger partial charge is 0.254 e. The zero-order valence-corrected chi connectivity index (χ0v) is 19.9. The molecule has 2 heterocycles. The molecule has 35 heavy (non-hydrogen) atoms. The summed E-state index contributed by atoms with van der Waals surface area (Å²) >= 11 is 0. The lowest BCUT2D eigenvalue weighted by Crippen LogP contribution is -2.53. The summed E-state index contributed by atoms with van der Waals surface area (Å²) in [5.74, 6) is 0.117. The molecule has 2 saturated heterocycles. The Kier molecular flexibility index (Phi) is 6.71. The number of aliphatic hydroxyl groups is 1. The third kappa shape index (κ3) is 5.31. The molecule has 0 atom stereocenters. The summed E-state index contributed by atoms with van der Waals surface area (Å²) in [6.07, 6.45) is 3.11. The molecule has 0 unspecified atom stereocenters. The zero-order chi connectivity index (χ0) is 24.4. The van der Waals surface area contributed by atoms with Crippen LogP contribution in [0, 0.1) is 5.92 Å². The van der Waals surface area contributed by atoms with E-state index >= 15 is 0 Å². The predicted octanol–water partition coefficient (Wildman–Crippen LogP) is 2.70. The van der Waals surface area contributed by atoms with E-state index in [9.17, 15) is 19.5 Å². The van der Waals surface area contributed by atoms with Gasteiger partial charge in [0.25, 0.3) is 11.8 Å². The highest BCUT2D eigenvalue weighted by molar-refractivity contribution is 5.95. The highest BCUT2D eigenvalue weighted by Crippen LogP contribution is 2.37. The van der Waals surface area contributed by atoms with Crippen molar-refractivity contribution in [3.63, 3.8) is 0 Å². The number of ketones is 1. The summed E-state index contributed by atoms with van der Waals surface area (Å²) in [5, 5.41) is 10.0. The molecule has 1 N–H and O–H groups in total. The highest BCUT2D eigenvalue weighted by atomic mass is 16.5. The van der Waals surface area contributed by atoms with Crippen LogP contribution in [0.4, 0.5) is 0 Å². The maximum atomic E-state index is 13.0. The SMILES string of the molecule is O=C(Cc1cccc(-c2ccc(C(=O)N3CCN(C(=O)C4(O)CC4)CC3)cc2)c1)C1CCOCC1. The fraction of sp³-hybridized carbons (Fsp3) is 0.464. The second-order valence-electron chi connectivity index (χ2n) is 9.92. The molecule has 2 aromatic carbocycles. The predicted molar refractivity (Wildman–Crippen MR) is 131 cm³/mol. The van der Waals surface area contributed by atoms with Gasteiger partial charge in [-0.25, -0.2) is 0 Å². The molecule has 0 spiro atoms. The Balaban J connectivity index is 1.19. The number of amides is 2. The minimum absolute atomic E-state index is 0.0513. The van der Waals surface area contributed by atoms with Gasteiger partial charge in [-0.05, 0) is 54.5 Å². The Morgan fingerprint density at radius 3 is 2.20 bits per heavy atom. The zero-order valence-electron chi connectivity index (χ0n) is 19.9. The number of rotatable bonds is 6. The van der Waals surface area contributed by atoms with E-state index in [1.807, 2.05) is 42.5 Å². The molecular formula is C28H32N2O5. The topological polar surface area (TPSA) is 87.2 Å². The Hall–Kier alpha value is -3.03. The molecule has 7 nitrogen and oxygen atoms in total. The first-order chi connectivity index (χ1) is 16.9. The number of carbonyl (C=O) groups is 3. The normalized spacial score (nSPS) is 19.9. The van der Waals surface area contributed by atoms with E-state index in [2.05, 4.69) is 6.07 Å². The largest absolute Gasteiger partial charge is 0.381 e. The van der Waals surface area contributed by atoms with Gasteiger partial charge in [0.15, 0.2) is 0 Å². The van der Waals surface area contributed by atoms with E-state index in [0.717, 1.165) is 29.5 Å². The van der Waals surface area contributed by atoms with Crippen LogP contribution < -0.4 is 0 Å². The van der Waals surface area contributed by atoms with Crippen LogP contribution in [0.2, 0.25) is 0 Å². The van der Waals surface area contributed by atoms with Crippen molar-refractivity contribution in [2.75, 3.05) is 39.4 Å². The monoisotopic (exact) mass is 476 g/mol. The van der Waals surface area contributed by atoms with Gasteiger partial charge in [0, 0.05) is 57.3 Å². The summed E-state index contributed by atoms with van der Waals surface area (Å²) in [5.41, 5.74) is 2.47. The molecular weight excluding hydrogens is 444 g/mol. The number of piperazine rings is 1. The fourth-order valence-corrected chi connectivity index (χ4v) is 4.95. The van der Waals surface area contributed by atoms with Gasteiger partial charge in [0.05, 0.1) is 0 Å². The molecule has 2 amide bonds. The van der Waals surface area contributed by atoms with Crippen molar-refractivity contribution >= 4 is 17.6 Å². The number of ether oxygens (including phenoxy) is 1. The van der Waals surface area contributed by atoms with Crippen LogP contribution in [0.25, 0.3) is 11.1 Å². The number of benzene rings is 2. The second kappa shape index (κ2) is 9.91. The Labute approximate surface area is 205 Å². The lowest BCUT2D eigenvalue weighted by atomic mass is 9.90. The maximum Gasteiger partial charge on any atom is 0.254 e. The van der Waals surface area contributed by atoms with Crippen molar-refractivity contribution in [1.82, 2.24) is 9.80 Å². The third-order valence-electron chi connectivity index (χ3n) is 7.42. The van der Waals surface area contributed by atoms with Crippen LogP contribution in [-0.4, -0.2) is 77.5 Å². The van der Waals surface area contributed by atoms with E-state index in [0.29, 0.717) is 64.2 Å². The molecule has 0 aromatic heterocycles. The van der Waals surface area contributed by atoms with E-state index in [1.54, 1.807) is 9.80 Å². The molecule has 1 aliphatic carbocycles. The second-order valence-corrected chi connectivity index (χ2v) is 9.92. The Bertz CT molecular complexity index is 1090. The number of nitrogens with zero attached hydrogens (tertiary/aromatic N) is 2. The molecule has 184 valence electrons. The standard InChI is InChI=1S/C28H32N2O5/c31-25(22-8-16-35-17-9-22)19-20-2-1-3-24(18-20)21-4-6-23(7-5-21)26(32)29-12-14-30(15-13-29)27(33)28(34)10-11-28/h1-7,18,22,34H,8-17,19H2. The fourth-order valence-electron chi connectivity index (χ4n) is 4.95. The highest BCUT2D eigenvalue weighted by Gasteiger charge is 2.50. The van der Waals surface area contributed by atoms with Crippen molar-refractivity contribution in [3.05, 3.63) is 59.7 Å². The average molecular weight is 477 g/mol. The minimum atomic E-state index is -1.16. The molecule has 1 saturated carbocycles. The number of hydrogen-bond acceptors (Lipinski definition) is 5. The molecule has 0 bridgehead atoms. The summed E-state index contributed by atoms with van der Waals surface area (Å²) in [6.45, 7) is 3.16. The van der Waals surface area contributed by atoms with Crippen LogP contribution in [0.3, 0.4) is 0 Å². The first-order valence-corrected chi connectivity index (χ1v) is 12.5. The van der Waals surface area contributed by atoms with Crippen LogP contribution in [0.5, 0.6) is 0 Å². The lowest BCUT2D eigenvalue weighted by Gasteiger charge is -2.35. The summed E-state index contributed by atoms with van der Waals surface area (Å²) in [6, 6.07) is 15.6. The van der Waals surface area contributed by atoms with Crippen LogP contribution in [0.1, 0.15) is 41.6 Å². The molecule has 2 aromatic rings. The Morgan fingerprint density at radius 1 is 0.886 bits per heavy atom. The lowest BCUT2D eigenvalue weighted by molar-refractivity contribution is -0.143. The molecule has 3 fully saturated rings. The Morgan fingerprint density at radius 2 is 1.54 bits per heavy atom. The van der Waals surface area contributed by atoms with Gasteiger partial charge >= 0.3 is 0 Å². The van der Waals surface area contributed by atoms with E-state index in [1.165, 1.54) is 0 Å².